The summed E-state index contributed by atoms with van der Waals surface area (Å²) in [6, 6.07) is 7.06. The molecule has 2 aliphatic heterocycles. The lowest BCUT2D eigenvalue weighted by atomic mass is 10.1. The number of amides is 3. The number of carbonyl (C=O) groups excluding carboxylic acids is 2. The summed E-state index contributed by atoms with van der Waals surface area (Å²) in [6.45, 7) is 6.03. The van der Waals surface area contributed by atoms with Crippen molar-refractivity contribution in [2.75, 3.05) is 18.4 Å². The molecule has 0 aliphatic carbocycles. The first-order valence-corrected chi connectivity index (χ1v) is 11.0. The molecule has 0 spiro atoms. The maximum absolute atomic E-state index is 13.1. The van der Waals surface area contributed by atoms with Gasteiger partial charge in [-0.25, -0.2) is 19.5 Å². The van der Waals surface area contributed by atoms with Gasteiger partial charge in [-0.15, -0.1) is 0 Å². The van der Waals surface area contributed by atoms with Gasteiger partial charge in [-0.3, -0.25) is 4.79 Å². The average Bonchev–Trinajstić information content (AvgIpc) is 2.94. The largest absolute Gasteiger partial charge is 0.465 e. The number of nitrogens with zero attached hydrogens (tertiary/aromatic N) is 3. The first-order chi connectivity index (χ1) is 15.5. The van der Waals surface area contributed by atoms with E-state index in [1.807, 2.05) is 6.07 Å². The molecule has 174 valence electrons. The van der Waals surface area contributed by atoms with Crippen LogP contribution >= 0.6 is 11.6 Å². The number of carbonyl (C=O) groups is 3. The van der Waals surface area contributed by atoms with Crippen LogP contribution in [0.2, 0.25) is 5.02 Å². The Kier molecular flexibility index (Phi) is 5.92. The molecule has 2 N–H and O–H groups in total. The number of anilines is 2. The number of aromatic nitrogens is 1. The zero-order chi connectivity index (χ0) is 23.9. The summed E-state index contributed by atoms with van der Waals surface area (Å²) in [4.78, 5) is 44.0. The molecule has 1 aromatic heterocycles. The first-order valence-electron chi connectivity index (χ1n) is 10.6. The van der Waals surface area contributed by atoms with Gasteiger partial charge in [0, 0.05) is 35.8 Å². The van der Waals surface area contributed by atoms with Gasteiger partial charge in [0.25, 0.3) is 5.91 Å². The first kappa shape index (κ1) is 22.8. The molecule has 2 aliphatic rings. The fourth-order valence-electron chi connectivity index (χ4n) is 3.94. The normalized spacial score (nSPS) is 15.6. The van der Waals surface area contributed by atoms with E-state index in [0.29, 0.717) is 53.6 Å². The topological polar surface area (TPSA) is 112 Å². The van der Waals surface area contributed by atoms with E-state index >= 15 is 0 Å². The number of hydrogen-bond donors (Lipinski definition) is 2. The summed E-state index contributed by atoms with van der Waals surface area (Å²) in [7, 11) is 0. The molecule has 0 bridgehead atoms. The van der Waals surface area contributed by atoms with Crippen LogP contribution in [0.1, 0.15) is 48.0 Å². The second-order valence-corrected chi connectivity index (χ2v) is 9.42. The number of pyridine rings is 1. The van der Waals surface area contributed by atoms with Gasteiger partial charge in [0.2, 0.25) is 0 Å². The number of fused-ring (bicyclic) bond motifs is 2. The number of imide groups is 1. The number of benzene rings is 1. The molecule has 0 atom stereocenters. The van der Waals surface area contributed by atoms with Crippen LogP contribution in [0.4, 0.5) is 21.1 Å². The Morgan fingerprint density at radius 1 is 1.15 bits per heavy atom. The van der Waals surface area contributed by atoms with Gasteiger partial charge in [-0.2, -0.15) is 0 Å². The fourth-order valence-corrected chi connectivity index (χ4v) is 4.15. The smallest absolute Gasteiger partial charge is 0.417 e. The number of nitrogens with one attached hydrogen (secondary N) is 1. The third kappa shape index (κ3) is 4.73. The van der Waals surface area contributed by atoms with Gasteiger partial charge < -0.3 is 20.1 Å². The molecule has 0 saturated heterocycles. The van der Waals surface area contributed by atoms with Gasteiger partial charge in [0.15, 0.2) is 0 Å². The molecule has 1 aromatic carbocycles. The number of hydrogen-bond acceptors (Lipinski definition) is 6. The van der Waals surface area contributed by atoms with Gasteiger partial charge in [-0.05, 0) is 51.0 Å². The van der Waals surface area contributed by atoms with Crippen molar-refractivity contribution in [3.05, 3.63) is 51.7 Å². The number of rotatable bonds is 2. The van der Waals surface area contributed by atoms with Gasteiger partial charge in [0.05, 0.1) is 17.8 Å². The highest BCUT2D eigenvalue weighted by molar-refractivity contribution is 6.32. The lowest BCUT2D eigenvalue weighted by Gasteiger charge is -2.23. The van der Waals surface area contributed by atoms with Crippen LogP contribution in [-0.2, 0) is 24.1 Å². The van der Waals surface area contributed by atoms with Crippen LogP contribution in [0.15, 0.2) is 24.3 Å². The van der Waals surface area contributed by atoms with Crippen molar-refractivity contribution in [1.82, 2.24) is 14.8 Å². The molecule has 0 radical (unpaired) electrons. The summed E-state index contributed by atoms with van der Waals surface area (Å²) < 4.78 is 5.37. The van der Waals surface area contributed by atoms with Crippen LogP contribution in [0.25, 0.3) is 0 Å². The van der Waals surface area contributed by atoms with Crippen LogP contribution in [0, 0.1) is 0 Å². The highest BCUT2D eigenvalue weighted by Gasteiger charge is 2.38. The number of ether oxygens (including phenoxy) is 1. The van der Waals surface area contributed by atoms with Crippen molar-refractivity contribution in [3.8, 4) is 0 Å². The van der Waals surface area contributed by atoms with Gasteiger partial charge in [-0.1, -0.05) is 17.7 Å². The minimum Gasteiger partial charge on any atom is -0.465 e. The number of halogens is 1. The Balaban J connectivity index is 1.59. The van der Waals surface area contributed by atoms with Gasteiger partial charge >= 0.3 is 12.2 Å². The Morgan fingerprint density at radius 3 is 2.58 bits per heavy atom. The Morgan fingerprint density at radius 2 is 1.88 bits per heavy atom. The third-order valence-corrected chi connectivity index (χ3v) is 5.87. The summed E-state index contributed by atoms with van der Waals surface area (Å²) in [6.07, 6.45) is -0.571. The van der Waals surface area contributed by atoms with Crippen LogP contribution in [-0.4, -0.2) is 56.7 Å². The molecular formula is C23H25ClN4O5. The standard InChI is InChI=1S/C23H25ClN4O5/c1-23(2,3)33-22(32)28-12-14-15(24)5-6-17(19(14)20(28)29)26-18-7-4-13-8-10-27(21(30)31)11-9-16(13)25-18/h4-7H,8-12H2,1-3H3,(H,25,26)(H,30,31). The molecule has 4 rings (SSSR count). The quantitative estimate of drug-likeness (QED) is 0.664. The zero-order valence-electron chi connectivity index (χ0n) is 18.6. The SMILES string of the molecule is CC(C)(C)OC(=O)N1Cc2c(Cl)ccc(Nc3ccc4c(n3)CCN(C(=O)O)CC4)c2C1=O. The van der Waals surface area contributed by atoms with Crippen LogP contribution in [0.5, 0.6) is 0 Å². The Bertz CT molecular complexity index is 1140. The van der Waals surface area contributed by atoms with Gasteiger partial charge in [0.1, 0.15) is 11.4 Å². The second-order valence-electron chi connectivity index (χ2n) is 9.02. The molecular weight excluding hydrogens is 448 g/mol. The molecule has 10 heteroatoms. The lowest BCUT2D eigenvalue weighted by molar-refractivity contribution is 0.0248. The molecule has 33 heavy (non-hydrogen) atoms. The Hall–Kier alpha value is -3.33. The van der Waals surface area contributed by atoms with Crippen molar-refractivity contribution in [2.45, 2.75) is 45.8 Å². The highest BCUT2D eigenvalue weighted by atomic mass is 35.5. The molecule has 9 nitrogen and oxygen atoms in total. The minimum atomic E-state index is -0.939. The molecule has 0 saturated carbocycles. The van der Waals surface area contributed by atoms with E-state index in [9.17, 15) is 19.5 Å². The van der Waals surface area contributed by atoms with E-state index in [1.165, 1.54) is 4.90 Å². The van der Waals surface area contributed by atoms with E-state index in [0.717, 1.165) is 16.2 Å². The van der Waals surface area contributed by atoms with Crippen molar-refractivity contribution >= 4 is 41.2 Å². The molecule has 2 aromatic rings. The molecule has 3 heterocycles. The average molecular weight is 473 g/mol. The molecule has 0 fully saturated rings. The minimum absolute atomic E-state index is 0.0279. The fraction of sp³-hybridized carbons (Fsp3) is 0.391. The van der Waals surface area contributed by atoms with Crippen molar-refractivity contribution in [2.24, 2.45) is 0 Å². The van der Waals surface area contributed by atoms with Crippen molar-refractivity contribution in [3.63, 3.8) is 0 Å². The monoisotopic (exact) mass is 472 g/mol. The van der Waals surface area contributed by atoms with E-state index in [1.54, 1.807) is 39.0 Å². The molecule has 0 unspecified atom stereocenters. The maximum Gasteiger partial charge on any atom is 0.417 e. The van der Waals surface area contributed by atoms with Crippen molar-refractivity contribution in [1.29, 1.82) is 0 Å². The lowest BCUT2D eigenvalue weighted by Crippen LogP contribution is -2.37. The highest BCUT2D eigenvalue weighted by Crippen LogP contribution is 2.36. The number of carboxylic acid groups (broad SMARTS) is 1. The van der Waals surface area contributed by atoms with E-state index in [-0.39, 0.29) is 6.54 Å². The van der Waals surface area contributed by atoms with Crippen molar-refractivity contribution < 1.29 is 24.2 Å². The maximum atomic E-state index is 13.1. The molecule has 3 amide bonds. The summed E-state index contributed by atoms with van der Waals surface area (Å²) in [5.74, 6) is 0.0293. The third-order valence-electron chi connectivity index (χ3n) is 5.52. The summed E-state index contributed by atoms with van der Waals surface area (Å²) in [5.41, 5.74) is 2.41. The predicted molar refractivity (Wildman–Crippen MR) is 122 cm³/mol. The second kappa shape index (κ2) is 8.55. The Labute approximate surface area is 196 Å². The van der Waals surface area contributed by atoms with E-state index < -0.39 is 23.7 Å². The van der Waals surface area contributed by atoms with E-state index in [2.05, 4.69) is 10.3 Å². The van der Waals surface area contributed by atoms with E-state index in [4.69, 9.17) is 16.3 Å². The zero-order valence-corrected chi connectivity index (χ0v) is 19.4. The summed E-state index contributed by atoms with van der Waals surface area (Å²) >= 11 is 6.34. The van der Waals surface area contributed by atoms with Crippen LogP contribution in [0.3, 0.4) is 0 Å². The summed E-state index contributed by atoms with van der Waals surface area (Å²) in [5, 5.41) is 12.8. The van der Waals surface area contributed by atoms with Crippen LogP contribution < -0.4 is 5.32 Å². The predicted octanol–water partition coefficient (Wildman–Crippen LogP) is 4.45.